The summed E-state index contributed by atoms with van der Waals surface area (Å²) in [7, 11) is 0. The van der Waals surface area contributed by atoms with E-state index in [2.05, 4.69) is 52.0 Å². The number of carbonyl (C=O) groups is 1. The number of nitrogens with zero attached hydrogens (tertiary/aromatic N) is 2. The molecule has 5 heteroatoms. The van der Waals surface area contributed by atoms with Gasteiger partial charge in [-0.3, -0.25) is 4.79 Å². The van der Waals surface area contributed by atoms with Gasteiger partial charge in [-0.15, -0.1) is 0 Å². The summed E-state index contributed by atoms with van der Waals surface area (Å²) in [5, 5.41) is 0. The summed E-state index contributed by atoms with van der Waals surface area (Å²) in [4.78, 5) is 16.6. The van der Waals surface area contributed by atoms with Gasteiger partial charge in [0.25, 0.3) is 5.91 Å². The summed E-state index contributed by atoms with van der Waals surface area (Å²) in [6, 6.07) is 10.2. The second-order valence-electron chi connectivity index (χ2n) is 5.23. The van der Waals surface area contributed by atoms with Crippen molar-refractivity contribution >= 4 is 27.5 Å². The molecule has 1 aromatic carbocycles. The van der Waals surface area contributed by atoms with E-state index in [0.717, 1.165) is 26.2 Å². The molecule has 0 bridgehead atoms. The fourth-order valence-electron chi connectivity index (χ4n) is 2.61. The Hall–Kier alpha value is -1.75. The lowest BCUT2D eigenvalue weighted by atomic mass is 10.2. The maximum Gasteiger partial charge on any atom is 0.258 e. The molecule has 0 radical (unpaired) electrons. The van der Waals surface area contributed by atoms with Crippen molar-refractivity contribution in [1.29, 1.82) is 0 Å². The van der Waals surface area contributed by atoms with Crippen molar-refractivity contribution in [2.75, 3.05) is 31.1 Å². The molecule has 1 saturated heterocycles. The Kier molecular flexibility index (Phi) is 4.01. The first kappa shape index (κ1) is 14.2. The number of benzene rings is 1. The quantitative estimate of drug-likeness (QED) is 0.835. The zero-order chi connectivity index (χ0) is 14.8. The van der Waals surface area contributed by atoms with E-state index in [0.29, 0.717) is 10.2 Å². The second-order valence-corrected chi connectivity index (χ2v) is 5.95. The van der Waals surface area contributed by atoms with Gasteiger partial charge in [0.1, 0.15) is 0 Å². The molecular formula is C16H17BrN2O2. The predicted molar refractivity (Wildman–Crippen MR) is 85.7 cm³/mol. The Morgan fingerprint density at radius 1 is 1.19 bits per heavy atom. The number of rotatable bonds is 2. The van der Waals surface area contributed by atoms with E-state index in [9.17, 15) is 4.79 Å². The van der Waals surface area contributed by atoms with Crippen LogP contribution in [-0.2, 0) is 0 Å². The largest absolute Gasteiger partial charge is 0.457 e. The molecule has 0 N–H and O–H groups in total. The van der Waals surface area contributed by atoms with Crippen LogP contribution >= 0.6 is 15.9 Å². The minimum absolute atomic E-state index is 0.0273. The van der Waals surface area contributed by atoms with Crippen LogP contribution < -0.4 is 4.90 Å². The highest BCUT2D eigenvalue weighted by Gasteiger charge is 2.24. The van der Waals surface area contributed by atoms with Crippen LogP contribution in [0.2, 0.25) is 0 Å². The molecule has 110 valence electrons. The minimum Gasteiger partial charge on any atom is -0.457 e. The van der Waals surface area contributed by atoms with Crippen molar-refractivity contribution in [2.45, 2.75) is 6.92 Å². The second kappa shape index (κ2) is 5.93. The number of halogens is 1. The van der Waals surface area contributed by atoms with E-state index in [-0.39, 0.29) is 5.91 Å². The molecule has 0 aliphatic carbocycles. The molecule has 2 heterocycles. The van der Waals surface area contributed by atoms with Gasteiger partial charge in [-0.1, -0.05) is 12.1 Å². The van der Waals surface area contributed by atoms with Crippen LogP contribution in [0.4, 0.5) is 5.69 Å². The average molecular weight is 349 g/mol. The van der Waals surface area contributed by atoms with Crippen LogP contribution in [0.1, 0.15) is 15.9 Å². The molecule has 1 aliphatic rings. The lowest BCUT2D eigenvalue weighted by Crippen LogP contribution is -2.48. The van der Waals surface area contributed by atoms with Crippen molar-refractivity contribution in [3.8, 4) is 0 Å². The van der Waals surface area contributed by atoms with Gasteiger partial charge in [-0.25, -0.2) is 0 Å². The first-order valence-electron chi connectivity index (χ1n) is 6.99. The average Bonchev–Trinajstić information content (AvgIpc) is 2.93. The van der Waals surface area contributed by atoms with E-state index < -0.39 is 0 Å². The molecular weight excluding hydrogens is 332 g/mol. The fraction of sp³-hybridized carbons (Fsp3) is 0.312. The summed E-state index contributed by atoms with van der Waals surface area (Å²) in [5.74, 6) is 0.0273. The molecule has 21 heavy (non-hydrogen) atoms. The van der Waals surface area contributed by atoms with Gasteiger partial charge in [0.15, 0.2) is 4.67 Å². The van der Waals surface area contributed by atoms with Gasteiger partial charge >= 0.3 is 0 Å². The highest BCUT2D eigenvalue weighted by molar-refractivity contribution is 9.10. The minimum atomic E-state index is 0.0273. The number of amides is 1. The first-order valence-corrected chi connectivity index (χ1v) is 7.78. The molecule has 1 amide bonds. The Morgan fingerprint density at radius 3 is 2.57 bits per heavy atom. The first-order chi connectivity index (χ1) is 10.1. The summed E-state index contributed by atoms with van der Waals surface area (Å²) in [5.41, 5.74) is 3.08. The summed E-state index contributed by atoms with van der Waals surface area (Å²) >= 11 is 3.27. The zero-order valence-electron chi connectivity index (χ0n) is 11.9. The summed E-state index contributed by atoms with van der Waals surface area (Å²) < 4.78 is 5.65. The lowest BCUT2D eigenvalue weighted by molar-refractivity contribution is 0.0745. The van der Waals surface area contributed by atoms with E-state index in [4.69, 9.17) is 4.42 Å². The van der Waals surface area contributed by atoms with E-state index >= 15 is 0 Å². The molecule has 2 aromatic rings. The third kappa shape index (κ3) is 2.97. The van der Waals surface area contributed by atoms with Gasteiger partial charge < -0.3 is 14.2 Å². The monoisotopic (exact) mass is 348 g/mol. The molecule has 0 saturated carbocycles. The van der Waals surface area contributed by atoms with Crippen molar-refractivity contribution in [1.82, 2.24) is 4.90 Å². The molecule has 4 nitrogen and oxygen atoms in total. The molecule has 0 unspecified atom stereocenters. The smallest absolute Gasteiger partial charge is 0.258 e. The topological polar surface area (TPSA) is 36.7 Å². The zero-order valence-corrected chi connectivity index (χ0v) is 13.5. The number of hydrogen-bond donors (Lipinski definition) is 0. The highest BCUT2D eigenvalue weighted by Crippen LogP contribution is 2.22. The highest BCUT2D eigenvalue weighted by atomic mass is 79.9. The Balaban J connectivity index is 1.65. The van der Waals surface area contributed by atoms with Crippen molar-refractivity contribution in [3.05, 3.63) is 52.4 Å². The van der Waals surface area contributed by atoms with E-state index in [1.807, 2.05) is 4.90 Å². The molecule has 1 aliphatic heterocycles. The number of aryl methyl sites for hydroxylation is 1. The van der Waals surface area contributed by atoms with E-state index in [1.165, 1.54) is 17.5 Å². The van der Waals surface area contributed by atoms with Crippen LogP contribution in [0.5, 0.6) is 0 Å². The molecule has 1 fully saturated rings. The van der Waals surface area contributed by atoms with Crippen LogP contribution in [0.25, 0.3) is 0 Å². The SMILES string of the molecule is Cc1cccc(N2CCN(C(=O)c3ccoc3Br)CC2)c1. The molecule has 0 atom stereocenters. The van der Waals surface area contributed by atoms with Gasteiger partial charge in [-0.05, 0) is 46.6 Å². The predicted octanol–water partition coefficient (Wildman–Crippen LogP) is 3.31. The molecule has 3 rings (SSSR count). The number of anilines is 1. The standard InChI is InChI=1S/C16H17BrN2O2/c1-12-3-2-4-13(11-12)18-6-8-19(9-7-18)16(20)14-5-10-21-15(14)17/h2-5,10-11H,6-9H2,1H3. The number of furan rings is 1. The van der Waals surface area contributed by atoms with Gasteiger partial charge in [0.05, 0.1) is 11.8 Å². The normalized spacial score (nSPS) is 15.3. The Morgan fingerprint density at radius 2 is 1.95 bits per heavy atom. The fourth-order valence-corrected chi connectivity index (χ4v) is 3.02. The van der Waals surface area contributed by atoms with Crippen LogP contribution in [0, 0.1) is 6.92 Å². The molecule has 0 spiro atoms. The Labute approximate surface area is 132 Å². The maximum atomic E-state index is 12.4. The van der Waals surface area contributed by atoms with Gasteiger partial charge in [-0.2, -0.15) is 0 Å². The van der Waals surface area contributed by atoms with Gasteiger partial charge in [0.2, 0.25) is 0 Å². The van der Waals surface area contributed by atoms with E-state index in [1.54, 1.807) is 6.07 Å². The Bertz CT molecular complexity index is 645. The van der Waals surface area contributed by atoms with Crippen molar-refractivity contribution < 1.29 is 9.21 Å². The van der Waals surface area contributed by atoms with Crippen LogP contribution in [0.15, 0.2) is 45.7 Å². The maximum absolute atomic E-state index is 12.4. The molecule has 1 aromatic heterocycles. The third-order valence-corrected chi connectivity index (χ3v) is 4.40. The van der Waals surface area contributed by atoms with Crippen molar-refractivity contribution in [3.63, 3.8) is 0 Å². The van der Waals surface area contributed by atoms with Crippen LogP contribution in [0.3, 0.4) is 0 Å². The summed E-state index contributed by atoms with van der Waals surface area (Å²) in [6.07, 6.45) is 1.53. The lowest BCUT2D eigenvalue weighted by Gasteiger charge is -2.36. The van der Waals surface area contributed by atoms with Crippen LogP contribution in [-0.4, -0.2) is 37.0 Å². The third-order valence-electron chi connectivity index (χ3n) is 3.78. The number of carbonyl (C=O) groups excluding carboxylic acids is 1. The summed E-state index contributed by atoms with van der Waals surface area (Å²) in [6.45, 7) is 5.25. The number of hydrogen-bond acceptors (Lipinski definition) is 3. The van der Waals surface area contributed by atoms with Gasteiger partial charge in [0, 0.05) is 31.9 Å². The number of piperazine rings is 1. The van der Waals surface area contributed by atoms with Crippen molar-refractivity contribution in [2.24, 2.45) is 0 Å².